The normalized spacial score (nSPS) is 11.3. The van der Waals surface area contributed by atoms with Crippen LogP contribution in [0.3, 0.4) is 0 Å². The number of rotatable bonds is 5. The van der Waals surface area contributed by atoms with Crippen molar-refractivity contribution in [1.29, 1.82) is 0 Å². The molecule has 1 N–H and O–H groups in total. The Labute approximate surface area is 132 Å². The minimum atomic E-state index is -4.18. The predicted octanol–water partition coefficient (Wildman–Crippen LogP) is 2.57. The zero-order valence-electron chi connectivity index (χ0n) is 12.7. The zero-order chi connectivity index (χ0) is 17.2. The van der Waals surface area contributed by atoms with Gasteiger partial charge in [0, 0.05) is 6.07 Å². The topological polar surface area (TPSA) is 81.2 Å². The van der Waals surface area contributed by atoms with Crippen LogP contribution in [-0.4, -0.2) is 25.0 Å². The van der Waals surface area contributed by atoms with E-state index in [1.165, 1.54) is 0 Å². The van der Waals surface area contributed by atoms with Crippen LogP contribution in [0.1, 0.15) is 18.3 Å². The summed E-state index contributed by atoms with van der Waals surface area (Å²) in [6, 6.07) is 2.18. The molecule has 2 rings (SSSR count). The molecule has 0 bridgehead atoms. The highest BCUT2D eigenvalue weighted by Gasteiger charge is 2.20. The molecule has 0 unspecified atom stereocenters. The van der Waals surface area contributed by atoms with Gasteiger partial charge in [0.15, 0.2) is 0 Å². The van der Waals surface area contributed by atoms with Gasteiger partial charge in [-0.25, -0.2) is 17.2 Å². The average Bonchev–Trinajstić information content (AvgIpc) is 2.42. The minimum Gasteiger partial charge on any atom is -0.464 e. The summed E-state index contributed by atoms with van der Waals surface area (Å²) in [5.41, 5.74) is 0.806. The van der Waals surface area contributed by atoms with Crippen molar-refractivity contribution in [1.82, 2.24) is 9.97 Å². The molecule has 1 heterocycles. The molecule has 9 heteroatoms. The molecule has 0 spiro atoms. The van der Waals surface area contributed by atoms with Gasteiger partial charge in [-0.15, -0.1) is 0 Å². The molecule has 0 aliphatic heterocycles. The van der Waals surface area contributed by atoms with Crippen molar-refractivity contribution in [2.75, 3.05) is 11.3 Å². The Morgan fingerprint density at radius 3 is 2.09 bits per heavy atom. The van der Waals surface area contributed by atoms with Crippen molar-refractivity contribution in [2.24, 2.45) is 0 Å². The molecule has 0 aliphatic carbocycles. The van der Waals surface area contributed by atoms with Crippen molar-refractivity contribution < 1.29 is 21.9 Å². The fourth-order valence-corrected chi connectivity index (χ4v) is 3.12. The SMILES string of the molecule is CCOc1nc(C)c(NS(=O)(=O)c2cc(F)cc(F)c2)c(C)n1. The molecule has 1 aromatic carbocycles. The number of ether oxygens (including phenoxy) is 1. The third kappa shape index (κ3) is 3.92. The van der Waals surface area contributed by atoms with Crippen LogP contribution in [0.25, 0.3) is 0 Å². The van der Waals surface area contributed by atoms with Gasteiger partial charge in [-0.2, -0.15) is 9.97 Å². The monoisotopic (exact) mass is 343 g/mol. The maximum atomic E-state index is 13.2. The van der Waals surface area contributed by atoms with Gasteiger partial charge in [-0.1, -0.05) is 0 Å². The van der Waals surface area contributed by atoms with Crippen molar-refractivity contribution in [3.63, 3.8) is 0 Å². The van der Waals surface area contributed by atoms with E-state index in [2.05, 4.69) is 14.7 Å². The Morgan fingerprint density at radius 1 is 1.09 bits per heavy atom. The largest absolute Gasteiger partial charge is 0.464 e. The van der Waals surface area contributed by atoms with Gasteiger partial charge in [0.2, 0.25) is 0 Å². The van der Waals surface area contributed by atoms with Crippen LogP contribution in [0.15, 0.2) is 23.1 Å². The highest BCUT2D eigenvalue weighted by Crippen LogP contribution is 2.24. The van der Waals surface area contributed by atoms with Gasteiger partial charge in [0.05, 0.1) is 28.6 Å². The summed E-state index contributed by atoms with van der Waals surface area (Å²) in [6.07, 6.45) is 0. The van der Waals surface area contributed by atoms with E-state index < -0.39 is 26.6 Å². The quantitative estimate of drug-likeness (QED) is 0.902. The molecule has 6 nitrogen and oxygen atoms in total. The fraction of sp³-hybridized carbons (Fsp3) is 0.286. The third-order valence-corrected chi connectivity index (χ3v) is 4.24. The maximum Gasteiger partial charge on any atom is 0.316 e. The van der Waals surface area contributed by atoms with Crippen LogP contribution in [-0.2, 0) is 10.0 Å². The Balaban J connectivity index is 2.41. The standard InChI is InChI=1S/C14H15F2N3O3S/c1-4-22-14-17-8(2)13(9(3)18-14)19-23(20,21)12-6-10(15)5-11(16)7-12/h5-7,19H,4H2,1-3H3. The van der Waals surface area contributed by atoms with E-state index in [-0.39, 0.29) is 11.7 Å². The summed E-state index contributed by atoms with van der Waals surface area (Å²) in [5.74, 6) is -1.97. The molecule has 0 atom stereocenters. The van der Waals surface area contributed by atoms with Gasteiger partial charge in [-0.05, 0) is 32.9 Å². The second kappa shape index (κ2) is 6.45. The number of hydrogen-bond acceptors (Lipinski definition) is 5. The lowest BCUT2D eigenvalue weighted by molar-refractivity contribution is 0.311. The van der Waals surface area contributed by atoms with Gasteiger partial charge < -0.3 is 4.74 Å². The second-order valence-electron chi connectivity index (χ2n) is 4.70. The van der Waals surface area contributed by atoms with Crippen molar-refractivity contribution >= 4 is 15.7 Å². The summed E-state index contributed by atoms with van der Waals surface area (Å²) in [4.78, 5) is 7.53. The molecule has 124 valence electrons. The van der Waals surface area contributed by atoms with E-state index in [1.54, 1.807) is 20.8 Å². The first-order valence-corrected chi connectivity index (χ1v) is 8.18. The summed E-state index contributed by atoms with van der Waals surface area (Å²) in [7, 11) is -4.18. The predicted molar refractivity (Wildman–Crippen MR) is 79.8 cm³/mol. The van der Waals surface area contributed by atoms with E-state index in [4.69, 9.17) is 4.74 Å². The summed E-state index contributed by atoms with van der Waals surface area (Å²) in [5, 5.41) is 0. The smallest absolute Gasteiger partial charge is 0.316 e. The Hall–Kier alpha value is -2.29. The van der Waals surface area contributed by atoms with Gasteiger partial charge in [0.1, 0.15) is 11.6 Å². The van der Waals surface area contributed by atoms with Crippen LogP contribution < -0.4 is 9.46 Å². The number of anilines is 1. The van der Waals surface area contributed by atoms with Crippen LogP contribution in [0.2, 0.25) is 0 Å². The molecule has 2 aromatic rings. The molecule has 0 fully saturated rings. The van der Waals surface area contributed by atoms with E-state index in [1.807, 2.05) is 0 Å². The minimum absolute atomic E-state index is 0.127. The molecule has 23 heavy (non-hydrogen) atoms. The number of hydrogen-bond donors (Lipinski definition) is 1. The van der Waals surface area contributed by atoms with Crippen LogP contribution in [0, 0.1) is 25.5 Å². The second-order valence-corrected chi connectivity index (χ2v) is 6.38. The lowest BCUT2D eigenvalue weighted by Crippen LogP contribution is -2.16. The van der Waals surface area contributed by atoms with E-state index >= 15 is 0 Å². The maximum absolute atomic E-state index is 13.2. The van der Waals surface area contributed by atoms with Crippen molar-refractivity contribution in [2.45, 2.75) is 25.7 Å². The van der Waals surface area contributed by atoms with Gasteiger partial charge >= 0.3 is 6.01 Å². The zero-order valence-corrected chi connectivity index (χ0v) is 13.5. The Morgan fingerprint density at radius 2 is 1.61 bits per heavy atom. The van der Waals surface area contributed by atoms with Gasteiger partial charge in [-0.3, -0.25) is 4.72 Å². The highest BCUT2D eigenvalue weighted by atomic mass is 32.2. The molecule has 0 saturated heterocycles. The lowest BCUT2D eigenvalue weighted by atomic mass is 10.3. The Kier molecular flexibility index (Phi) is 4.79. The van der Waals surface area contributed by atoms with E-state index in [0.717, 1.165) is 12.1 Å². The van der Waals surface area contributed by atoms with Crippen molar-refractivity contribution in [3.8, 4) is 6.01 Å². The molecule has 0 radical (unpaired) electrons. The molecule has 0 saturated carbocycles. The first-order chi connectivity index (χ1) is 10.7. The summed E-state index contributed by atoms with van der Waals surface area (Å²) >= 11 is 0. The van der Waals surface area contributed by atoms with E-state index in [0.29, 0.717) is 24.1 Å². The third-order valence-electron chi connectivity index (χ3n) is 2.91. The van der Waals surface area contributed by atoms with E-state index in [9.17, 15) is 17.2 Å². The number of benzene rings is 1. The lowest BCUT2D eigenvalue weighted by Gasteiger charge is -2.13. The van der Waals surface area contributed by atoms with Crippen LogP contribution in [0.4, 0.5) is 14.5 Å². The Bertz CT molecular complexity index is 798. The number of sulfonamides is 1. The molecule has 0 aliphatic rings. The molecule has 1 aromatic heterocycles. The molecular formula is C14H15F2N3O3S. The number of aryl methyl sites for hydroxylation is 2. The molecule has 0 amide bonds. The van der Waals surface area contributed by atoms with Crippen molar-refractivity contribution in [3.05, 3.63) is 41.2 Å². The highest BCUT2D eigenvalue weighted by molar-refractivity contribution is 7.92. The van der Waals surface area contributed by atoms with Crippen LogP contribution in [0.5, 0.6) is 6.01 Å². The number of nitrogens with zero attached hydrogens (tertiary/aromatic N) is 2. The average molecular weight is 343 g/mol. The fourth-order valence-electron chi connectivity index (χ4n) is 1.90. The number of aromatic nitrogens is 2. The molecular weight excluding hydrogens is 328 g/mol. The van der Waals surface area contributed by atoms with Gasteiger partial charge in [0.25, 0.3) is 10.0 Å². The summed E-state index contributed by atoms with van der Waals surface area (Å²) in [6.45, 7) is 5.28. The number of nitrogens with one attached hydrogen (secondary N) is 1. The van der Waals surface area contributed by atoms with Crippen LogP contribution >= 0.6 is 0 Å². The number of halogens is 2. The first kappa shape index (κ1) is 17.1. The first-order valence-electron chi connectivity index (χ1n) is 6.70. The summed E-state index contributed by atoms with van der Waals surface area (Å²) < 4.78 is 58.4.